The fourth-order valence-corrected chi connectivity index (χ4v) is 3.04. The molecule has 1 atom stereocenters. The first kappa shape index (κ1) is 14.5. The van der Waals surface area contributed by atoms with Crippen LogP contribution in [0.1, 0.15) is 31.5 Å². The fourth-order valence-electron chi connectivity index (χ4n) is 3.04. The monoisotopic (exact) mass is 292 g/mol. The lowest BCUT2D eigenvalue weighted by Gasteiger charge is -2.35. The first-order valence-corrected chi connectivity index (χ1v) is 7.67. The van der Waals surface area contributed by atoms with Gasteiger partial charge in [0.05, 0.1) is 6.54 Å². The van der Waals surface area contributed by atoms with Gasteiger partial charge in [-0.05, 0) is 38.6 Å². The number of aryl methyl sites for hydroxylation is 1. The molecule has 0 amide bonds. The number of imidazole rings is 1. The molecule has 2 N–H and O–H groups in total. The standard InChI is InChI=1S/C15H24N4O2/c1-18(9-13-16-7-8-19(13)2)10-15(14(20)21,11-3-4-11)17-12-5-6-12/h7-8,11-12,17H,3-6,9-10H2,1-2H3,(H,20,21). The second-order valence-corrected chi connectivity index (χ2v) is 6.60. The molecule has 0 bridgehead atoms. The molecule has 116 valence electrons. The van der Waals surface area contributed by atoms with Crippen molar-refractivity contribution in [3.8, 4) is 0 Å². The van der Waals surface area contributed by atoms with Gasteiger partial charge in [0.2, 0.25) is 0 Å². The molecule has 0 aromatic carbocycles. The Hall–Kier alpha value is -1.40. The molecule has 3 rings (SSSR count). The molecule has 21 heavy (non-hydrogen) atoms. The van der Waals surface area contributed by atoms with E-state index in [9.17, 15) is 9.90 Å². The average molecular weight is 292 g/mol. The van der Waals surface area contributed by atoms with Crippen LogP contribution in [-0.4, -0.2) is 50.7 Å². The summed E-state index contributed by atoms with van der Waals surface area (Å²) in [5.74, 6) is 0.516. The molecule has 2 fully saturated rings. The molecule has 0 aliphatic heterocycles. The van der Waals surface area contributed by atoms with Crippen LogP contribution >= 0.6 is 0 Å². The van der Waals surface area contributed by atoms with Crippen LogP contribution in [-0.2, 0) is 18.4 Å². The van der Waals surface area contributed by atoms with Gasteiger partial charge in [-0.15, -0.1) is 0 Å². The Morgan fingerprint density at radius 2 is 2.24 bits per heavy atom. The van der Waals surface area contributed by atoms with Gasteiger partial charge in [-0.2, -0.15) is 0 Å². The van der Waals surface area contributed by atoms with Crippen LogP contribution in [0.5, 0.6) is 0 Å². The number of likely N-dealkylation sites (N-methyl/N-ethyl adjacent to an activating group) is 1. The third kappa shape index (κ3) is 3.11. The number of aliphatic carboxylic acids is 1. The zero-order chi connectivity index (χ0) is 15.0. The molecule has 6 heteroatoms. The van der Waals surface area contributed by atoms with Crippen molar-refractivity contribution in [1.29, 1.82) is 0 Å². The number of aromatic nitrogens is 2. The lowest BCUT2D eigenvalue weighted by atomic mass is 9.92. The highest BCUT2D eigenvalue weighted by molar-refractivity contribution is 5.80. The number of hydrogen-bond acceptors (Lipinski definition) is 4. The average Bonchev–Trinajstić information content (AvgIpc) is 3.31. The van der Waals surface area contributed by atoms with Crippen molar-refractivity contribution in [2.75, 3.05) is 13.6 Å². The smallest absolute Gasteiger partial charge is 0.325 e. The second kappa shape index (κ2) is 5.42. The van der Waals surface area contributed by atoms with Gasteiger partial charge in [0.25, 0.3) is 0 Å². The Labute approximate surface area is 125 Å². The van der Waals surface area contributed by atoms with E-state index in [-0.39, 0.29) is 5.92 Å². The van der Waals surface area contributed by atoms with E-state index < -0.39 is 11.5 Å². The number of carbonyl (C=O) groups is 1. The van der Waals surface area contributed by atoms with Gasteiger partial charge < -0.3 is 9.67 Å². The summed E-state index contributed by atoms with van der Waals surface area (Å²) in [5, 5.41) is 13.3. The number of hydrogen-bond donors (Lipinski definition) is 2. The maximum absolute atomic E-state index is 12.0. The summed E-state index contributed by atoms with van der Waals surface area (Å²) in [6.07, 6.45) is 7.92. The summed E-state index contributed by atoms with van der Waals surface area (Å²) < 4.78 is 1.98. The molecule has 2 aliphatic rings. The van der Waals surface area contributed by atoms with Crippen LogP contribution in [0.2, 0.25) is 0 Å². The number of nitrogens with zero attached hydrogens (tertiary/aromatic N) is 3. The van der Waals surface area contributed by atoms with E-state index in [0.29, 0.717) is 19.1 Å². The number of carboxylic acid groups (broad SMARTS) is 1. The Balaban J connectivity index is 1.71. The summed E-state index contributed by atoms with van der Waals surface area (Å²) in [6.45, 7) is 1.19. The van der Waals surface area contributed by atoms with Crippen molar-refractivity contribution in [2.45, 2.75) is 43.8 Å². The van der Waals surface area contributed by atoms with Crippen molar-refractivity contribution in [1.82, 2.24) is 19.8 Å². The Morgan fingerprint density at radius 1 is 1.52 bits per heavy atom. The molecule has 1 aromatic rings. The number of rotatable bonds is 8. The molecule has 2 saturated carbocycles. The van der Waals surface area contributed by atoms with Crippen LogP contribution in [0.4, 0.5) is 0 Å². The van der Waals surface area contributed by atoms with E-state index in [1.165, 1.54) is 0 Å². The third-order valence-electron chi connectivity index (χ3n) is 4.55. The van der Waals surface area contributed by atoms with Crippen molar-refractivity contribution in [2.24, 2.45) is 13.0 Å². The largest absolute Gasteiger partial charge is 0.480 e. The Kier molecular flexibility index (Phi) is 3.75. The van der Waals surface area contributed by atoms with Crippen molar-refractivity contribution < 1.29 is 9.90 Å². The minimum Gasteiger partial charge on any atom is -0.480 e. The Bertz CT molecular complexity index is 521. The number of carboxylic acids is 1. The maximum Gasteiger partial charge on any atom is 0.325 e. The fraction of sp³-hybridized carbons (Fsp3) is 0.733. The second-order valence-electron chi connectivity index (χ2n) is 6.60. The zero-order valence-electron chi connectivity index (χ0n) is 12.7. The van der Waals surface area contributed by atoms with Crippen LogP contribution in [0, 0.1) is 5.92 Å². The van der Waals surface area contributed by atoms with E-state index in [2.05, 4.69) is 15.2 Å². The van der Waals surface area contributed by atoms with E-state index >= 15 is 0 Å². The van der Waals surface area contributed by atoms with E-state index in [1.807, 2.05) is 24.9 Å². The molecular formula is C15H24N4O2. The molecule has 1 unspecified atom stereocenters. The molecule has 1 heterocycles. The predicted octanol–water partition coefficient (Wildman–Crippen LogP) is 0.837. The summed E-state index contributed by atoms with van der Waals surface area (Å²) in [5.41, 5.74) is -0.791. The van der Waals surface area contributed by atoms with Gasteiger partial charge in [-0.1, -0.05) is 0 Å². The normalized spacial score (nSPS) is 21.5. The SMILES string of the molecule is CN(Cc1nccn1C)CC(NC1CC1)(C(=O)O)C1CC1. The highest BCUT2D eigenvalue weighted by Crippen LogP contribution is 2.42. The highest BCUT2D eigenvalue weighted by atomic mass is 16.4. The van der Waals surface area contributed by atoms with Gasteiger partial charge in [0.15, 0.2) is 0 Å². The molecule has 0 spiro atoms. The van der Waals surface area contributed by atoms with Crippen molar-refractivity contribution in [3.63, 3.8) is 0 Å². The minimum absolute atomic E-state index is 0.263. The van der Waals surface area contributed by atoms with Crippen LogP contribution < -0.4 is 5.32 Å². The van der Waals surface area contributed by atoms with Crippen LogP contribution in [0.15, 0.2) is 12.4 Å². The molecule has 1 aromatic heterocycles. The molecule has 0 radical (unpaired) electrons. The summed E-state index contributed by atoms with van der Waals surface area (Å²) in [7, 11) is 3.94. The van der Waals surface area contributed by atoms with Crippen LogP contribution in [0.3, 0.4) is 0 Å². The van der Waals surface area contributed by atoms with Gasteiger partial charge in [0, 0.05) is 32.0 Å². The van der Waals surface area contributed by atoms with E-state index in [1.54, 1.807) is 6.20 Å². The van der Waals surface area contributed by atoms with Gasteiger partial charge >= 0.3 is 5.97 Å². The molecular weight excluding hydrogens is 268 g/mol. The van der Waals surface area contributed by atoms with E-state index in [0.717, 1.165) is 31.5 Å². The summed E-state index contributed by atoms with van der Waals surface area (Å²) >= 11 is 0. The van der Waals surface area contributed by atoms with Crippen LogP contribution in [0.25, 0.3) is 0 Å². The lowest BCUT2D eigenvalue weighted by molar-refractivity contribution is -0.147. The number of nitrogens with one attached hydrogen (secondary N) is 1. The summed E-state index contributed by atoms with van der Waals surface area (Å²) in [4.78, 5) is 18.4. The van der Waals surface area contributed by atoms with Gasteiger partial charge in [-0.25, -0.2) is 4.98 Å². The van der Waals surface area contributed by atoms with Crippen molar-refractivity contribution >= 4 is 5.97 Å². The lowest BCUT2D eigenvalue weighted by Crippen LogP contribution is -2.61. The van der Waals surface area contributed by atoms with Crippen molar-refractivity contribution in [3.05, 3.63) is 18.2 Å². The molecule has 0 saturated heterocycles. The maximum atomic E-state index is 12.0. The van der Waals surface area contributed by atoms with Gasteiger partial charge in [0.1, 0.15) is 11.4 Å². The predicted molar refractivity (Wildman–Crippen MR) is 78.8 cm³/mol. The highest BCUT2D eigenvalue weighted by Gasteiger charge is 2.53. The Morgan fingerprint density at radius 3 is 2.71 bits per heavy atom. The van der Waals surface area contributed by atoms with E-state index in [4.69, 9.17) is 0 Å². The first-order valence-electron chi connectivity index (χ1n) is 7.67. The third-order valence-corrected chi connectivity index (χ3v) is 4.55. The van der Waals surface area contributed by atoms with Gasteiger partial charge in [-0.3, -0.25) is 15.0 Å². The quantitative estimate of drug-likeness (QED) is 0.743. The minimum atomic E-state index is -0.791. The molecule has 6 nitrogen and oxygen atoms in total. The zero-order valence-corrected chi connectivity index (χ0v) is 12.7. The topological polar surface area (TPSA) is 70.4 Å². The summed E-state index contributed by atoms with van der Waals surface area (Å²) in [6, 6.07) is 0.392. The first-order chi connectivity index (χ1) is 10.0. The molecule has 2 aliphatic carbocycles.